The maximum Gasteiger partial charge on any atom is 0.345 e. The molecule has 3 nitrogen and oxygen atoms in total. The summed E-state index contributed by atoms with van der Waals surface area (Å²) in [5, 5.41) is 0. The normalized spacial score (nSPS) is 10.4. The summed E-state index contributed by atoms with van der Waals surface area (Å²) >= 11 is 0. The minimum atomic E-state index is -2.75. The second-order valence-electron chi connectivity index (χ2n) is 2.66. The molecule has 0 atom stereocenters. The Labute approximate surface area is 86.6 Å². The molecule has 0 saturated carbocycles. The lowest BCUT2D eigenvalue weighted by molar-refractivity contribution is -0.133. The smallest absolute Gasteiger partial charge is 0.345 e. The molecule has 0 unspecified atom stereocenters. The molecule has 0 radical (unpaired) electrons. The Hall–Kier alpha value is -1.36. The molecule has 0 amide bonds. The van der Waals surface area contributed by atoms with Gasteiger partial charge in [-0.25, -0.2) is 0 Å². The fourth-order valence-electron chi connectivity index (χ4n) is 0.988. The summed E-state index contributed by atoms with van der Waals surface area (Å²) < 4.78 is 37.3. The SMILES string of the molecule is COc1cccc(OCCOC(F)F)c1. The lowest BCUT2D eigenvalue weighted by Crippen LogP contribution is -2.09. The van der Waals surface area contributed by atoms with E-state index < -0.39 is 6.61 Å². The van der Waals surface area contributed by atoms with Crippen molar-refractivity contribution in [2.75, 3.05) is 20.3 Å². The van der Waals surface area contributed by atoms with Crippen LogP contribution in [0.25, 0.3) is 0 Å². The van der Waals surface area contributed by atoms with Crippen molar-refractivity contribution in [2.45, 2.75) is 6.61 Å². The highest BCUT2D eigenvalue weighted by molar-refractivity contribution is 5.32. The summed E-state index contributed by atoms with van der Waals surface area (Å²) in [5.41, 5.74) is 0. The lowest BCUT2D eigenvalue weighted by Gasteiger charge is -2.07. The lowest BCUT2D eigenvalue weighted by atomic mass is 10.3. The molecule has 15 heavy (non-hydrogen) atoms. The van der Waals surface area contributed by atoms with Crippen molar-refractivity contribution in [1.82, 2.24) is 0 Å². The number of hydrogen-bond donors (Lipinski definition) is 0. The van der Waals surface area contributed by atoms with Crippen LogP contribution >= 0.6 is 0 Å². The number of methoxy groups -OCH3 is 1. The molecule has 0 saturated heterocycles. The first kappa shape index (κ1) is 11.7. The Morgan fingerprint density at radius 1 is 1.20 bits per heavy atom. The van der Waals surface area contributed by atoms with Gasteiger partial charge in [0.25, 0.3) is 0 Å². The van der Waals surface area contributed by atoms with Gasteiger partial charge in [0, 0.05) is 6.07 Å². The number of rotatable bonds is 6. The van der Waals surface area contributed by atoms with Gasteiger partial charge in [-0.15, -0.1) is 0 Å². The van der Waals surface area contributed by atoms with Crippen LogP contribution in [0.1, 0.15) is 0 Å². The minimum absolute atomic E-state index is 0.0809. The van der Waals surface area contributed by atoms with E-state index in [0.717, 1.165) is 0 Å². The van der Waals surface area contributed by atoms with Gasteiger partial charge >= 0.3 is 6.61 Å². The molecule has 0 N–H and O–H groups in total. The maximum absolute atomic E-state index is 11.6. The molecular weight excluding hydrogens is 206 g/mol. The van der Waals surface area contributed by atoms with E-state index in [1.54, 1.807) is 31.4 Å². The summed E-state index contributed by atoms with van der Waals surface area (Å²) in [4.78, 5) is 0. The predicted molar refractivity (Wildman–Crippen MR) is 50.4 cm³/mol. The molecule has 1 aromatic rings. The van der Waals surface area contributed by atoms with Crippen LogP contribution in [-0.4, -0.2) is 26.9 Å². The zero-order valence-corrected chi connectivity index (χ0v) is 8.28. The number of alkyl halides is 2. The van der Waals surface area contributed by atoms with E-state index in [1.165, 1.54) is 0 Å². The highest BCUT2D eigenvalue weighted by Gasteiger charge is 2.01. The van der Waals surface area contributed by atoms with E-state index in [2.05, 4.69) is 4.74 Å². The first-order valence-electron chi connectivity index (χ1n) is 4.39. The Morgan fingerprint density at radius 2 is 1.93 bits per heavy atom. The fraction of sp³-hybridized carbons (Fsp3) is 0.400. The van der Waals surface area contributed by atoms with Gasteiger partial charge in [-0.3, -0.25) is 0 Å². The number of ether oxygens (including phenoxy) is 3. The molecule has 0 aliphatic rings. The van der Waals surface area contributed by atoms with Crippen LogP contribution < -0.4 is 9.47 Å². The van der Waals surface area contributed by atoms with Crippen LogP contribution in [0, 0.1) is 0 Å². The molecule has 84 valence electrons. The van der Waals surface area contributed by atoms with Crippen LogP contribution in [0.15, 0.2) is 24.3 Å². The number of benzene rings is 1. The van der Waals surface area contributed by atoms with Gasteiger partial charge < -0.3 is 14.2 Å². The quantitative estimate of drug-likeness (QED) is 0.686. The number of hydrogen-bond acceptors (Lipinski definition) is 3. The molecule has 0 aliphatic heterocycles. The van der Waals surface area contributed by atoms with Crippen molar-refractivity contribution in [2.24, 2.45) is 0 Å². The van der Waals surface area contributed by atoms with Crippen molar-refractivity contribution in [3.8, 4) is 11.5 Å². The molecule has 0 aliphatic carbocycles. The Balaban J connectivity index is 2.30. The second kappa shape index (κ2) is 6.19. The predicted octanol–water partition coefficient (Wildman–Crippen LogP) is 2.31. The summed E-state index contributed by atoms with van der Waals surface area (Å²) in [6, 6.07) is 6.90. The molecule has 0 heterocycles. The standard InChI is InChI=1S/C10H12F2O3/c1-13-8-3-2-4-9(7-8)14-5-6-15-10(11)12/h2-4,7,10H,5-6H2,1H3. The Morgan fingerprint density at radius 3 is 2.60 bits per heavy atom. The van der Waals surface area contributed by atoms with E-state index in [-0.39, 0.29) is 13.2 Å². The largest absolute Gasteiger partial charge is 0.497 e. The molecule has 0 spiro atoms. The zero-order chi connectivity index (χ0) is 11.1. The fourth-order valence-corrected chi connectivity index (χ4v) is 0.988. The summed E-state index contributed by atoms with van der Waals surface area (Å²) in [7, 11) is 1.54. The van der Waals surface area contributed by atoms with Crippen LogP contribution in [0.2, 0.25) is 0 Å². The van der Waals surface area contributed by atoms with E-state index in [9.17, 15) is 8.78 Å². The highest BCUT2D eigenvalue weighted by atomic mass is 19.3. The monoisotopic (exact) mass is 218 g/mol. The zero-order valence-electron chi connectivity index (χ0n) is 8.28. The topological polar surface area (TPSA) is 27.7 Å². The summed E-state index contributed by atoms with van der Waals surface area (Å²) in [6.07, 6.45) is 0. The first-order chi connectivity index (χ1) is 7.22. The van der Waals surface area contributed by atoms with Crippen LogP contribution in [-0.2, 0) is 4.74 Å². The van der Waals surface area contributed by atoms with E-state index in [1.807, 2.05) is 0 Å². The van der Waals surface area contributed by atoms with E-state index in [4.69, 9.17) is 9.47 Å². The minimum Gasteiger partial charge on any atom is -0.497 e. The van der Waals surface area contributed by atoms with Gasteiger partial charge in [-0.05, 0) is 12.1 Å². The maximum atomic E-state index is 11.6. The molecular formula is C10H12F2O3. The third-order valence-electron chi connectivity index (χ3n) is 1.64. The van der Waals surface area contributed by atoms with Gasteiger partial charge in [0.1, 0.15) is 18.1 Å². The average Bonchev–Trinajstić information content (AvgIpc) is 2.24. The van der Waals surface area contributed by atoms with Gasteiger partial charge in [-0.2, -0.15) is 8.78 Å². The van der Waals surface area contributed by atoms with Crippen LogP contribution in [0.5, 0.6) is 11.5 Å². The van der Waals surface area contributed by atoms with Crippen molar-refractivity contribution >= 4 is 0 Å². The van der Waals surface area contributed by atoms with Gasteiger partial charge in [-0.1, -0.05) is 6.07 Å². The summed E-state index contributed by atoms with van der Waals surface area (Å²) in [5.74, 6) is 1.22. The van der Waals surface area contributed by atoms with Gasteiger partial charge in [0.15, 0.2) is 0 Å². The third-order valence-corrected chi connectivity index (χ3v) is 1.64. The van der Waals surface area contributed by atoms with Crippen molar-refractivity contribution in [1.29, 1.82) is 0 Å². The molecule has 1 aromatic carbocycles. The second-order valence-corrected chi connectivity index (χ2v) is 2.66. The average molecular weight is 218 g/mol. The molecule has 5 heteroatoms. The van der Waals surface area contributed by atoms with E-state index in [0.29, 0.717) is 11.5 Å². The first-order valence-corrected chi connectivity index (χ1v) is 4.39. The molecule has 0 bridgehead atoms. The van der Waals surface area contributed by atoms with Crippen LogP contribution in [0.4, 0.5) is 8.78 Å². The summed E-state index contributed by atoms with van der Waals surface area (Å²) in [6.45, 7) is -2.81. The van der Waals surface area contributed by atoms with Crippen molar-refractivity contribution in [3.63, 3.8) is 0 Å². The number of halogens is 2. The molecule has 0 aromatic heterocycles. The Bertz CT molecular complexity index is 292. The molecule has 0 fully saturated rings. The van der Waals surface area contributed by atoms with Crippen molar-refractivity contribution in [3.05, 3.63) is 24.3 Å². The molecule has 1 rings (SSSR count). The van der Waals surface area contributed by atoms with Gasteiger partial charge in [0.2, 0.25) is 0 Å². The van der Waals surface area contributed by atoms with Gasteiger partial charge in [0.05, 0.1) is 13.7 Å². The Kier molecular flexibility index (Phi) is 4.83. The highest BCUT2D eigenvalue weighted by Crippen LogP contribution is 2.18. The van der Waals surface area contributed by atoms with E-state index >= 15 is 0 Å². The third kappa shape index (κ3) is 4.60. The van der Waals surface area contributed by atoms with Crippen LogP contribution in [0.3, 0.4) is 0 Å². The van der Waals surface area contributed by atoms with Crippen molar-refractivity contribution < 1.29 is 23.0 Å².